The number of nitrogens with zero attached hydrogens (tertiary/aromatic N) is 3. The second-order valence-electron chi connectivity index (χ2n) is 6.16. The molecule has 0 atom stereocenters. The summed E-state index contributed by atoms with van der Waals surface area (Å²) in [6.45, 7) is 0. The number of nitro benzene ring substituents is 1. The number of anilines is 2. The average molecular weight is 518 g/mol. The van der Waals surface area contributed by atoms with Crippen LogP contribution < -0.4 is 10.6 Å². The Morgan fingerprint density at radius 3 is 2.45 bits per heavy atom. The van der Waals surface area contributed by atoms with Gasteiger partial charge in [0.2, 0.25) is 11.0 Å². The fourth-order valence-corrected chi connectivity index (χ4v) is 4.05. The number of benzene rings is 2. The van der Waals surface area contributed by atoms with Gasteiger partial charge in [-0.05, 0) is 30.3 Å². The number of hydrogen-bond donors (Lipinski definition) is 2. The average Bonchev–Trinajstić information content (AvgIpc) is 3.20. The van der Waals surface area contributed by atoms with E-state index in [0.29, 0.717) is 4.34 Å². The van der Waals surface area contributed by atoms with Crippen molar-refractivity contribution < 1.29 is 27.7 Å². The largest absolute Gasteiger partial charge is 0.416 e. The third-order valence-electron chi connectivity index (χ3n) is 3.86. The van der Waals surface area contributed by atoms with Crippen LogP contribution in [0.1, 0.15) is 15.9 Å². The van der Waals surface area contributed by atoms with E-state index in [2.05, 4.69) is 20.8 Å². The molecule has 0 fully saturated rings. The highest BCUT2D eigenvalue weighted by atomic mass is 35.5. The first-order chi connectivity index (χ1) is 15.5. The highest BCUT2D eigenvalue weighted by molar-refractivity contribution is 8.01. The summed E-state index contributed by atoms with van der Waals surface area (Å²) in [7, 11) is 0. The zero-order valence-corrected chi connectivity index (χ0v) is 18.4. The molecule has 15 heteroatoms. The van der Waals surface area contributed by atoms with Crippen LogP contribution in [0.2, 0.25) is 5.02 Å². The smallest absolute Gasteiger partial charge is 0.324 e. The van der Waals surface area contributed by atoms with Crippen LogP contribution >= 0.6 is 34.7 Å². The van der Waals surface area contributed by atoms with Gasteiger partial charge in [-0.3, -0.25) is 25.0 Å². The van der Waals surface area contributed by atoms with Crippen molar-refractivity contribution in [1.29, 1.82) is 0 Å². The third-order valence-corrected chi connectivity index (χ3v) is 6.16. The van der Waals surface area contributed by atoms with Gasteiger partial charge in [0.05, 0.1) is 26.9 Å². The van der Waals surface area contributed by atoms with E-state index >= 15 is 0 Å². The van der Waals surface area contributed by atoms with Crippen LogP contribution in [0.25, 0.3) is 0 Å². The van der Waals surface area contributed by atoms with Crippen LogP contribution in [0.4, 0.5) is 29.7 Å². The molecule has 0 aliphatic rings. The molecule has 3 rings (SSSR count). The molecule has 0 aliphatic heterocycles. The second-order valence-corrected chi connectivity index (χ2v) is 8.77. The maximum Gasteiger partial charge on any atom is 0.416 e. The van der Waals surface area contributed by atoms with Crippen LogP contribution in [0.5, 0.6) is 0 Å². The zero-order valence-electron chi connectivity index (χ0n) is 16.1. The second kappa shape index (κ2) is 10.1. The molecule has 0 saturated carbocycles. The molecule has 0 aliphatic carbocycles. The number of amides is 2. The molecule has 0 spiro atoms. The lowest BCUT2D eigenvalue weighted by Gasteiger charge is -2.11. The van der Waals surface area contributed by atoms with Gasteiger partial charge < -0.3 is 5.32 Å². The standard InChI is InChI=1S/C18H11ClF3N5O4S2/c19-12-6-3-10(18(20,21)22)7-13(12)23-14(28)8-32-17-26-25-16(33-17)24-15(29)9-1-4-11(5-2-9)27(30)31/h1-7H,8H2,(H,23,28)(H,24,25,29). The lowest BCUT2D eigenvalue weighted by atomic mass is 10.2. The number of thioether (sulfide) groups is 1. The maximum absolute atomic E-state index is 12.8. The minimum atomic E-state index is -4.58. The SMILES string of the molecule is O=C(CSc1nnc(NC(=O)c2ccc([N+](=O)[O-])cc2)s1)Nc1cc(C(F)(F)F)ccc1Cl. The van der Waals surface area contributed by atoms with E-state index in [9.17, 15) is 32.9 Å². The molecule has 1 aromatic heterocycles. The molecule has 172 valence electrons. The van der Waals surface area contributed by atoms with E-state index in [1.54, 1.807) is 0 Å². The third kappa shape index (κ3) is 6.63. The van der Waals surface area contributed by atoms with Gasteiger partial charge >= 0.3 is 6.18 Å². The predicted molar refractivity (Wildman–Crippen MR) is 117 cm³/mol. The van der Waals surface area contributed by atoms with Crippen molar-refractivity contribution in [1.82, 2.24) is 10.2 Å². The Morgan fingerprint density at radius 2 is 1.82 bits per heavy atom. The van der Waals surface area contributed by atoms with Gasteiger partial charge in [-0.15, -0.1) is 10.2 Å². The molecule has 2 N–H and O–H groups in total. The predicted octanol–water partition coefficient (Wildman–Crippen LogP) is 5.10. The van der Waals surface area contributed by atoms with Gasteiger partial charge in [0, 0.05) is 17.7 Å². The van der Waals surface area contributed by atoms with Gasteiger partial charge in [0.1, 0.15) is 0 Å². The van der Waals surface area contributed by atoms with Crippen molar-refractivity contribution >= 4 is 63.0 Å². The number of rotatable bonds is 7. The Hall–Kier alpha value is -3.23. The Kier molecular flexibility index (Phi) is 7.50. The summed E-state index contributed by atoms with van der Waals surface area (Å²) >= 11 is 7.77. The van der Waals surface area contributed by atoms with Gasteiger partial charge in [-0.2, -0.15) is 13.2 Å². The van der Waals surface area contributed by atoms with E-state index in [4.69, 9.17) is 11.6 Å². The van der Waals surface area contributed by atoms with Crippen molar-refractivity contribution in [2.45, 2.75) is 10.5 Å². The van der Waals surface area contributed by atoms with Crippen LogP contribution in [0.3, 0.4) is 0 Å². The first-order valence-electron chi connectivity index (χ1n) is 8.71. The van der Waals surface area contributed by atoms with Crippen LogP contribution in [0.15, 0.2) is 46.8 Å². The summed E-state index contributed by atoms with van der Waals surface area (Å²) in [6.07, 6.45) is -4.58. The maximum atomic E-state index is 12.8. The van der Waals surface area contributed by atoms with Gasteiger partial charge in [0.15, 0.2) is 4.34 Å². The molecule has 1 heterocycles. The minimum absolute atomic E-state index is 0.0477. The quantitative estimate of drug-likeness (QED) is 0.193. The molecular weight excluding hydrogens is 507 g/mol. The number of non-ortho nitro benzene ring substituents is 1. The molecule has 2 aromatic carbocycles. The fourth-order valence-electron chi connectivity index (χ4n) is 2.33. The number of aromatic nitrogens is 2. The number of alkyl halides is 3. The Morgan fingerprint density at radius 1 is 1.12 bits per heavy atom. The lowest BCUT2D eigenvalue weighted by Crippen LogP contribution is -2.15. The number of hydrogen-bond acceptors (Lipinski definition) is 8. The van der Waals surface area contributed by atoms with E-state index in [1.165, 1.54) is 24.3 Å². The van der Waals surface area contributed by atoms with Crippen molar-refractivity contribution in [3.05, 3.63) is 68.7 Å². The van der Waals surface area contributed by atoms with E-state index in [-0.39, 0.29) is 32.8 Å². The van der Waals surface area contributed by atoms with E-state index in [0.717, 1.165) is 41.3 Å². The highest BCUT2D eigenvalue weighted by Gasteiger charge is 2.31. The van der Waals surface area contributed by atoms with Crippen molar-refractivity contribution in [2.24, 2.45) is 0 Å². The van der Waals surface area contributed by atoms with E-state index < -0.39 is 28.5 Å². The zero-order chi connectivity index (χ0) is 24.2. The normalized spacial score (nSPS) is 11.2. The van der Waals surface area contributed by atoms with Gasteiger partial charge in [0.25, 0.3) is 11.6 Å². The molecule has 3 aromatic rings. The van der Waals surface area contributed by atoms with E-state index in [1.807, 2.05) is 0 Å². The monoisotopic (exact) mass is 517 g/mol. The first-order valence-corrected chi connectivity index (χ1v) is 10.9. The van der Waals surface area contributed by atoms with Crippen molar-refractivity contribution in [3.63, 3.8) is 0 Å². The Balaban J connectivity index is 1.55. The molecule has 33 heavy (non-hydrogen) atoms. The molecule has 0 unspecified atom stereocenters. The summed E-state index contributed by atoms with van der Waals surface area (Å²) in [6, 6.07) is 7.53. The summed E-state index contributed by atoms with van der Waals surface area (Å²) in [5, 5.41) is 23.1. The van der Waals surface area contributed by atoms with Gasteiger partial charge in [-0.1, -0.05) is 34.7 Å². The minimum Gasteiger partial charge on any atom is -0.324 e. The summed E-state index contributed by atoms with van der Waals surface area (Å²) < 4.78 is 38.8. The molecule has 9 nitrogen and oxygen atoms in total. The number of carbonyl (C=O) groups is 2. The number of nitrogens with one attached hydrogen (secondary N) is 2. The fraction of sp³-hybridized carbons (Fsp3) is 0.111. The van der Waals surface area contributed by atoms with Crippen LogP contribution in [-0.4, -0.2) is 32.7 Å². The van der Waals surface area contributed by atoms with Crippen molar-refractivity contribution in [3.8, 4) is 0 Å². The summed E-state index contributed by atoms with van der Waals surface area (Å²) in [5.74, 6) is -1.38. The summed E-state index contributed by atoms with van der Waals surface area (Å²) in [4.78, 5) is 34.4. The number of halogens is 4. The van der Waals surface area contributed by atoms with Crippen LogP contribution in [0, 0.1) is 10.1 Å². The number of carbonyl (C=O) groups excluding carboxylic acids is 2. The highest BCUT2D eigenvalue weighted by Crippen LogP contribution is 2.34. The lowest BCUT2D eigenvalue weighted by molar-refractivity contribution is -0.384. The molecule has 0 bridgehead atoms. The summed E-state index contributed by atoms with van der Waals surface area (Å²) in [5.41, 5.74) is -1.12. The number of nitro groups is 1. The molecular formula is C18H11ClF3N5O4S2. The van der Waals surface area contributed by atoms with Crippen molar-refractivity contribution in [2.75, 3.05) is 16.4 Å². The first kappa shape index (κ1) is 24.4. The Labute approximate surface area is 196 Å². The molecule has 2 amide bonds. The Bertz CT molecular complexity index is 1200. The van der Waals surface area contributed by atoms with Gasteiger partial charge in [-0.25, -0.2) is 0 Å². The topological polar surface area (TPSA) is 127 Å². The molecule has 0 saturated heterocycles. The molecule has 0 radical (unpaired) electrons. The van der Waals surface area contributed by atoms with Crippen LogP contribution in [-0.2, 0) is 11.0 Å².